The number of aliphatic hydroxyl groups excluding tert-OH is 3. The number of carbonyl (C=O) groups excluding carboxylic acids is 1. The molecular weight excluding hydrogens is 340 g/mol. The Labute approximate surface area is 155 Å². The molecule has 2 rings (SSSR count). The summed E-state index contributed by atoms with van der Waals surface area (Å²) in [5.74, 6) is 0.935. The fourth-order valence-electron chi connectivity index (χ4n) is 2.17. The Balaban J connectivity index is 0.000000387. The molecule has 0 bridgehead atoms. The average Bonchev–Trinajstić information content (AvgIpc) is 2.67. The first-order valence-corrected chi connectivity index (χ1v) is 8.80. The number of methoxy groups -OCH3 is 1. The molecule has 0 radical (unpaired) electrons. The number of aryl methyl sites for hydroxylation is 1. The maximum atomic E-state index is 9.18. The molecule has 1 fully saturated rings. The van der Waals surface area contributed by atoms with E-state index < -0.39 is 18.3 Å². The van der Waals surface area contributed by atoms with E-state index in [1.54, 1.807) is 14.0 Å². The van der Waals surface area contributed by atoms with E-state index in [-0.39, 0.29) is 6.61 Å². The van der Waals surface area contributed by atoms with Gasteiger partial charge in [-0.3, -0.25) is 4.79 Å². The van der Waals surface area contributed by atoms with E-state index in [0.29, 0.717) is 26.1 Å². The van der Waals surface area contributed by atoms with Crippen LogP contribution in [0.25, 0.3) is 0 Å². The van der Waals surface area contributed by atoms with E-state index in [2.05, 4.69) is 23.8 Å². The van der Waals surface area contributed by atoms with E-state index in [9.17, 15) is 4.79 Å². The number of ether oxygens (including phenoxy) is 3. The zero-order valence-corrected chi connectivity index (χ0v) is 15.8. The van der Waals surface area contributed by atoms with Crippen molar-refractivity contribution in [3.63, 3.8) is 0 Å². The Kier molecular flexibility index (Phi) is 14.6. The van der Waals surface area contributed by atoms with Gasteiger partial charge < -0.3 is 29.5 Å². The Morgan fingerprint density at radius 3 is 2.27 bits per heavy atom. The van der Waals surface area contributed by atoms with E-state index in [4.69, 9.17) is 24.8 Å². The molecule has 0 spiro atoms. The Bertz CT molecular complexity index is 450. The monoisotopic (exact) mass is 372 g/mol. The van der Waals surface area contributed by atoms with Crippen molar-refractivity contribution in [3.05, 3.63) is 29.8 Å². The maximum absolute atomic E-state index is 9.18. The lowest BCUT2D eigenvalue weighted by Gasteiger charge is -2.30. The first-order valence-electron chi connectivity index (χ1n) is 8.80. The summed E-state index contributed by atoms with van der Waals surface area (Å²) in [5.41, 5.74) is 1.38. The minimum absolute atomic E-state index is 0.238. The van der Waals surface area contributed by atoms with Crippen LogP contribution in [0.15, 0.2) is 24.3 Å². The van der Waals surface area contributed by atoms with Gasteiger partial charge in [-0.1, -0.05) is 25.5 Å². The summed E-state index contributed by atoms with van der Waals surface area (Å²) in [6, 6.07) is 8.24. The molecule has 7 heteroatoms. The van der Waals surface area contributed by atoms with Crippen LogP contribution in [0.5, 0.6) is 5.75 Å². The second-order valence-corrected chi connectivity index (χ2v) is 5.59. The van der Waals surface area contributed by atoms with Crippen LogP contribution in [0.3, 0.4) is 0 Å². The van der Waals surface area contributed by atoms with Crippen molar-refractivity contribution in [2.75, 3.05) is 26.9 Å². The van der Waals surface area contributed by atoms with E-state index >= 15 is 0 Å². The van der Waals surface area contributed by atoms with E-state index in [1.807, 2.05) is 12.1 Å². The number of hydrogen-bond acceptors (Lipinski definition) is 7. The third-order valence-corrected chi connectivity index (χ3v) is 3.63. The van der Waals surface area contributed by atoms with Crippen molar-refractivity contribution < 1.29 is 34.3 Å². The molecule has 0 aromatic heterocycles. The van der Waals surface area contributed by atoms with Crippen LogP contribution < -0.4 is 4.74 Å². The van der Waals surface area contributed by atoms with Gasteiger partial charge in [0.25, 0.3) is 6.47 Å². The molecule has 1 saturated heterocycles. The van der Waals surface area contributed by atoms with Gasteiger partial charge in [0.1, 0.15) is 18.0 Å². The highest BCUT2D eigenvalue weighted by atomic mass is 16.5. The molecule has 1 aliphatic rings. The molecule has 0 aliphatic carbocycles. The van der Waals surface area contributed by atoms with Gasteiger partial charge in [-0.25, -0.2) is 0 Å². The molecule has 3 unspecified atom stereocenters. The van der Waals surface area contributed by atoms with Gasteiger partial charge in [0.2, 0.25) is 0 Å². The predicted octanol–water partition coefficient (Wildman–Crippen LogP) is 1.32. The summed E-state index contributed by atoms with van der Waals surface area (Å²) in [7, 11) is 1.69. The number of benzene rings is 1. The minimum atomic E-state index is -0.932. The SMILES string of the molecule is CCCc1ccc(OC)cc1.CCOC=O.OCC1OCCC(O)C1O. The second kappa shape index (κ2) is 15.6. The zero-order valence-electron chi connectivity index (χ0n) is 15.8. The standard InChI is InChI=1S/C10H14O.C6H12O4.C3H6O2/c1-3-4-9-5-7-10(11-2)8-6-9;7-3-5-6(9)4(8)1-2-10-5;1-2-5-3-4/h5-8H,3-4H2,1-2H3;4-9H,1-3H2;3H,2H2,1H3. The van der Waals surface area contributed by atoms with E-state index in [1.165, 1.54) is 12.0 Å². The fourth-order valence-corrected chi connectivity index (χ4v) is 2.17. The van der Waals surface area contributed by atoms with Crippen molar-refractivity contribution in [2.24, 2.45) is 0 Å². The molecule has 7 nitrogen and oxygen atoms in total. The molecule has 1 aromatic rings. The second-order valence-electron chi connectivity index (χ2n) is 5.59. The molecule has 1 aromatic carbocycles. The van der Waals surface area contributed by atoms with E-state index in [0.717, 1.165) is 12.2 Å². The summed E-state index contributed by atoms with van der Waals surface area (Å²) in [5, 5.41) is 26.7. The topological polar surface area (TPSA) is 105 Å². The summed E-state index contributed by atoms with van der Waals surface area (Å²) in [6.07, 6.45) is 0.516. The number of aliphatic hydroxyl groups is 3. The Hall–Kier alpha value is -1.67. The molecule has 1 aliphatic heterocycles. The first-order chi connectivity index (χ1) is 12.5. The van der Waals surface area contributed by atoms with Crippen LogP contribution in [-0.4, -0.2) is 67.0 Å². The van der Waals surface area contributed by atoms with Gasteiger partial charge in [0.15, 0.2) is 0 Å². The average molecular weight is 372 g/mol. The lowest BCUT2D eigenvalue weighted by Crippen LogP contribution is -2.46. The molecular formula is C19H32O7. The minimum Gasteiger partial charge on any atom is -0.497 e. The first kappa shape index (κ1) is 24.3. The predicted molar refractivity (Wildman–Crippen MR) is 98.1 cm³/mol. The summed E-state index contributed by atoms with van der Waals surface area (Å²) in [4.78, 5) is 9.18. The van der Waals surface area contributed by atoms with Crippen LogP contribution in [0.2, 0.25) is 0 Å². The molecule has 150 valence electrons. The quantitative estimate of drug-likeness (QED) is 0.647. The third kappa shape index (κ3) is 10.4. The van der Waals surface area contributed by atoms with Crippen LogP contribution in [0, 0.1) is 0 Å². The Morgan fingerprint density at radius 1 is 1.23 bits per heavy atom. The van der Waals surface area contributed by atoms with Crippen molar-refractivity contribution in [2.45, 2.75) is 51.4 Å². The highest BCUT2D eigenvalue weighted by Gasteiger charge is 2.30. The smallest absolute Gasteiger partial charge is 0.293 e. The number of rotatable bonds is 6. The molecule has 0 saturated carbocycles. The number of carbonyl (C=O) groups is 1. The lowest BCUT2D eigenvalue weighted by atomic mass is 10.0. The summed E-state index contributed by atoms with van der Waals surface area (Å²) >= 11 is 0. The normalized spacial score (nSPS) is 21.4. The van der Waals surface area contributed by atoms with Crippen molar-refractivity contribution in [1.82, 2.24) is 0 Å². The Morgan fingerprint density at radius 2 is 1.88 bits per heavy atom. The molecule has 1 heterocycles. The molecule has 26 heavy (non-hydrogen) atoms. The molecule has 0 amide bonds. The lowest BCUT2D eigenvalue weighted by molar-refractivity contribution is -0.147. The third-order valence-electron chi connectivity index (χ3n) is 3.63. The maximum Gasteiger partial charge on any atom is 0.293 e. The number of hydrogen-bond donors (Lipinski definition) is 3. The van der Waals surface area contributed by atoms with Crippen molar-refractivity contribution in [1.29, 1.82) is 0 Å². The van der Waals surface area contributed by atoms with Gasteiger partial charge in [0.05, 0.1) is 26.4 Å². The summed E-state index contributed by atoms with van der Waals surface area (Å²) < 4.78 is 14.1. The zero-order chi connectivity index (χ0) is 19.8. The van der Waals surface area contributed by atoms with Gasteiger partial charge in [0, 0.05) is 6.61 Å². The highest BCUT2D eigenvalue weighted by Crippen LogP contribution is 2.13. The van der Waals surface area contributed by atoms with Crippen LogP contribution in [-0.2, 0) is 20.7 Å². The van der Waals surface area contributed by atoms with Crippen molar-refractivity contribution in [3.8, 4) is 5.75 Å². The van der Waals surface area contributed by atoms with Crippen LogP contribution in [0.4, 0.5) is 0 Å². The van der Waals surface area contributed by atoms with Crippen LogP contribution >= 0.6 is 0 Å². The molecule has 3 N–H and O–H groups in total. The largest absolute Gasteiger partial charge is 0.497 e. The molecule has 3 atom stereocenters. The van der Waals surface area contributed by atoms with Gasteiger partial charge in [-0.2, -0.15) is 0 Å². The van der Waals surface area contributed by atoms with Crippen molar-refractivity contribution >= 4 is 6.47 Å². The van der Waals surface area contributed by atoms with Crippen LogP contribution in [0.1, 0.15) is 32.3 Å². The highest BCUT2D eigenvalue weighted by molar-refractivity contribution is 5.36. The summed E-state index contributed by atoms with van der Waals surface area (Å²) in [6.45, 7) is 5.02. The van der Waals surface area contributed by atoms with Gasteiger partial charge in [-0.05, 0) is 37.5 Å². The van der Waals surface area contributed by atoms with Gasteiger partial charge in [-0.15, -0.1) is 0 Å². The fraction of sp³-hybridized carbons (Fsp3) is 0.632. The van der Waals surface area contributed by atoms with Gasteiger partial charge >= 0.3 is 0 Å².